The van der Waals surface area contributed by atoms with E-state index in [1.54, 1.807) is 38.4 Å². The van der Waals surface area contributed by atoms with Crippen molar-refractivity contribution >= 4 is 34.9 Å². The first-order valence-electron chi connectivity index (χ1n) is 6.96. The van der Waals surface area contributed by atoms with E-state index in [0.717, 1.165) is 11.0 Å². The van der Waals surface area contributed by atoms with E-state index in [1.165, 1.54) is 6.21 Å². The number of nitrogens with zero attached hydrogens (tertiary/aromatic N) is 2. The standard InChI is InChI=1S/C15H17N3O4/c1-3-21-14(19)11(15(20)22-4-2)8-16-10-5-6-12-13(7-10)18-9-17-12/h5-9,11H,3-4H2,1-2H3,(H,17,18). The van der Waals surface area contributed by atoms with Crippen molar-refractivity contribution in [2.45, 2.75) is 13.8 Å². The quantitative estimate of drug-likeness (QED) is 0.500. The third-order valence-electron chi connectivity index (χ3n) is 2.86. The first-order valence-corrected chi connectivity index (χ1v) is 6.96. The summed E-state index contributed by atoms with van der Waals surface area (Å²) in [5, 5.41) is 0. The number of esters is 2. The molecule has 1 N–H and O–H groups in total. The molecular weight excluding hydrogens is 286 g/mol. The lowest BCUT2D eigenvalue weighted by Crippen LogP contribution is -2.29. The average molecular weight is 303 g/mol. The Hall–Kier alpha value is -2.70. The summed E-state index contributed by atoms with van der Waals surface area (Å²) in [7, 11) is 0. The molecule has 2 aromatic rings. The molecule has 7 heteroatoms. The highest BCUT2D eigenvalue weighted by molar-refractivity contribution is 6.09. The minimum Gasteiger partial charge on any atom is -0.465 e. The molecule has 1 aromatic heterocycles. The van der Waals surface area contributed by atoms with E-state index >= 15 is 0 Å². The molecular formula is C15H17N3O4. The van der Waals surface area contributed by atoms with Gasteiger partial charge in [-0.25, -0.2) is 4.98 Å². The molecule has 2 rings (SSSR count). The molecule has 0 atom stereocenters. The van der Waals surface area contributed by atoms with Crippen LogP contribution in [0.15, 0.2) is 29.5 Å². The molecule has 0 bridgehead atoms. The lowest BCUT2D eigenvalue weighted by Gasteiger charge is -2.09. The van der Waals surface area contributed by atoms with Crippen LogP contribution in [0.5, 0.6) is 0 Å². The smallest absolute Gasteiger partial charge is 0.325 e. The minimum atomic E-state index is -1.17. The maximum Gasteiger partial charge on any atom is 0.325 e. The summed E-state index contributed by atoms with van der Waals surface area (Å²) in [5.74, 6) is -2.52. The maximum absolute atomic E-state index is 11.8. The molecule has 0 aliphatic carbocycles. The number of carbonyl (C=O) groups excluding carboxylic acids is 2. The van der Waals surface area contributed by atoms with Gasteiger partial charge in [0.25, 0.3) is 0 Å². The number of fused-ring (bicyclic) bond motifs is 1. The van der Waals surface area contributed by atoms with Crippen molar-refractivity contribution in [1.29, 1.82) is 0 Å². The van der Waals surface area contributed by atoms with Crippen molar-refractivity contribution in [2.24, 2.45) is 10.9 Å². The van der Waals surface area contributed by atoms with Crippen LogP contribution in [0, 0.1) is 5.92 Å². The third-order valence-corrected chi connectivity index (χ3v) is 2.86. The molecule has 1 aromatic carbocycles. The molecule has 22 heavy (non-hydrogen) atoms. The highest BCUT2D eigenvalue weighted by atomic mass is 16.6. The van der Waals surface area contributed by atoms with Gasteiger partial charge in [-0.1, -0.05) is 0 Å². The van der Waals surface area contributed by atoms with Crippen molar-refractivity contribution in [3.8, 4) is 0 Å². The summed E-state index contributed by atoms with van der Waals surface area (Å²) < 4.78 is 9.74. The molecule has 116 valence electrons. The Morgan fingerprint density at radius 3 is 2.59 bits per heavy atom. The molecule has 1 heterocycles. The number of aromatic amines is 1. The number of aromatic nitrogens is 2. The Morgan fingerprint density at radius 2 is 1.95 bits per heavy atom. The number of ether oxygens (including phenoxy) is 2. The summed E-state index contributed by atoms with van der Waals surface area (Å²) in [6, 6.07) is 5.31. The van der Waals surface area contributed by atoms with E-state index in [1.807, 2.05) is 0 Å². The topological polar surface area (TPSA) is 93.6 Å². The summed E-state index contributed by atoms with van der Waals surface area (Å²) >= 11 is 0. The lowest BCUT2D eigenvalue weighted by atomic mass is 10.1. The summed E-state index contributed by atoms with van der Waals surface area (Å²) in [6.45, 7) is 3.71. The van der Waals surface area contributed by atoms with Gasteiger partial charge < -0.3 is 14.5 Å². The zero-order valence-electron chi connectivity index (χ0n) is 12.4. The largest absolute Gasteiger partial charge is 0.465 e. The second kappa shape index (κ2) is 7.35. The highest BCUT2D eigenvalue weighted by Crippen LogP contribution is 2.18. The van der Waals surface area contributed by atoms with Gasteiger partial charge in [0.15, 0.2) is 5.92 Å². The van der Waals surface area contributed by atoms with Gasteiger partial charge in [0.2, 0.25) is 0 Å². The minimum absolute atomic E-state index is 0.183. The predicted molar refractivity (Wildman–Crippen MR) is 81.0 cm³/mol. The van der Waals surface area contributed by atoms with Gasteiger partial charge in [0.05, 0.1) is 36.3 Å². The molecule has 0 saturated carbocycles. The van der Waals surface area contributed by atoms with Crippen molar-refractivity contribution in [3.05, 3.63) is 24.5 Å². The first-order chi connectivity index (χ1) is 10.7. The van der Waals surface area contributed by atoms with E-state index in [0.29, 0.717) is 5.69 Å². The molecule has 0 unspecified atom stereocenters. The van der Waals surface area contributed by atoms with Gasteiger partial charge in [0, 0.05) is 6.21 Å². The number of carbonyl (C=O) groups is 2. The van der Waals surface area contributed by atoms with Gasteiger partial charge in [0.1, 0.15) is 0 Å². The van der Waals surface area contributed by atoms with Crippen LogP contribution in [0.3, 0.4) is 0 Å². The van der Waals surface area contributed by atoms with Crippen molar-refractivity contribution in [2.75, 3.05) is 13.2 Å². The van der Waals surface area contributed by atoms with Crippen LogP contribution < -0.4 is 0 Å². The zero-order chi connectivity index (χ0) is 15.9. The van der Waals surface area contributed by atoms with Gasteiger partial charge >= 0.3 is 11.9 Å². The molecule has 0 radical (unpaired) electrons. The molecule has 0 aliphatic heterocycles. The number of hydrogen-bond acceptors (Lipinski definition) is 6. The zero-order valence-corrected chi connectivity index (χ0v) is 12.4. The number of rotatable bonds is 6. The molecule has 0 saturated heterocycles. The third kappa shape index (κ3) is 3.69. The Labute approximate surface area is 127 Å². The van der Waals surface area contributed by atoms with Crippen LogP contribution in [0.2, 0.25) is 0 Å². The van der Waals surface area contributed by atoms with E-state index < -0.39 is 17.9 Å². The maximum atomic E-state index is 11.8. The summed E-state index contributed by atoms with van der Waals surface area (Å²) in [4.78, 5) is 34.9. The van der Waals surface area contributed by atoms with Crippen LogP contribution in [0.1, 0.15) is 13.8 Å². The SMILES string of the molecule is CCOC(=O)C(C=Nc1ccc2nc[nH]c2c1)C(=O)OCC. The normalized spacial score (nSPS) is 11.2. The van der Waals surface area contributed by atoms with Gasteiger partial charge in [-0.15, -0.1) is 0 Å². The van der Waals surface area contributed by atoms with Gasteiger partial charge in [-0.3, -0.25) is 14.6 Å². The number of imidazole rings is 1. The van der Waals surface area contributed by atoms with E-state index in [2.05, 4.69) is 15.0 Å². The van der Waals surface area contributed by atoms with E-state index in [-0.39, 0.29) is 13.2 Å². The monoisotopic (exact) mass is 303 g/mol. The number of H-pyrrole nitrogens is 1. The Bertz CT molecular complexity index is 675. The summed E-state index contributed by atoms with van der Waals surface area (Å²) in [5.41, 5.74) is 2.22. The van der Waals surface area contributed by atoms with Crippen LogP contribution >= 0.6 is 0 Å². The predicted octanol–water partition coefficient (Wildman–Crippen LogP) is 2.01. The average Bonchev–Trinajstić information content (AvgIpc) is 2.95. The van der Waals surface area contributed by atoms with Crippen molar-refractivity contribution in [3.63, 3.8) is 0 Å². The Balaban J connectivity index is 2.20. The van der Waals surface area contributed by atoms with Gasteiger partial charge in [-0.05, 0) is 32.0 Å². The van der Waals surface area contributed by atoms with Gasteiger partial charge in [-0.2, -0.15) is 0 Å². The molecule has 0 aliphatic rings. The highest BCUT2D eigenvalue weighted by Gasteiger charge is 2.27. The molecule has 7 nitrogen and oxygen atoms in total. The van der Waals surface area contributed by atoms with Crippen LogP contribution in [0.4, 0.5) is 5.69 Å². The number of hydrogen-bond donors (Lipinski definition) is 1. The lowest BCUT2D eigenvalue weighted by molar-refractivity contribution is -0.157. The second-order valence-electron chi connectivity index (χ2n) is 4.36. The molecule has 0 amide bonds. The number of aliphatic imine (C=N–C) groups is 1. The van der Waals surface area contributed by atoms with Crippen molar-refractivity contribution in [1.82, 2.24) is 9.97 Å². The fourth-order valence-electron chi connectivity index (χ4n) is 1.85. The Kier molecular flexibility index (Phi) is 5.24. The summed E-state index contributed by atoms with van der Waals surface area (Å²) in [6.07, 6.45) is 2.83. The van der Waals surface area contributed by atoms with E-state index in [9.17, 15) is 9.59 Å². The van der Waals surface area contributed by atoms with Crippen LogP contribution in [-0.2, 0) is 19.1 Å². The first kappa shape index (κ1) is 15.7. The second-order valence-corrected chi connectivity index (χ2v) is 4.36. The molecule has 0 fully saturated rings. The van der Waals surface area contributed by atoms with Crippen molar-refractivity contribution < 1.29 is 19.1 Å². The Morgan fingerprint density at radius 1 is 1.27 bits per heavy atom. The van der Waals surface area contributed by atoms with E-state index in [4.69, 9.17) is 9.47 Å². The fraction of sp³-hybridized carbons (Fsp3) is 0.333. The number of nitrogens with one attached hydrogen (secondary N) is 1. The number of benzene rings is 1. The fourth-order valence-corrected chi connectivity index (χ4v) is 1.85. The van der Waals surface area contributed by atoms with Crippen LogP contribution in [-0.4, -0.2) is 41.3 Å². The van der Waals surface area contributed by atoms with Crippen LogP contribution in [0.25, 0.3) is 11.0 Å². The molecule has 0 spiro atoms.